The highest BCUT2D eigenvalue weighted by Crippen LogP contribution is 2.23. The molecule has 1 heterocycles. The molecule has 0 radical (unpaired) electrons. The Balaban J connectivity index is 3.24. The maximum absolute atomic E-state index is 12.4. The molecule has 0 aliphatic carbocycles. The summed E-state index contributed by atoms with van der Waals surface area (Å²) < 4.78 is 24.9. The second-order valence-electron chi connectivity index (χ2n) is 2.56. The molecule has 0 fully saturated rings. The van der Waals surface area contributed by atoms with Gasteiger partial charge >= 0.3 is 0 Å². The van der Waals surface area contributed by atoms with E-state index >= 15 is 0 Å². The van der Waals surface area contributed by atoms with Crippen molar-refractivity contribution in [2.24, 2.45) is 5.73 Å². The van der Waals surface area contributed by atoms with Gasteiger partial charge in [0.1, 0.15) is 0 Å². The molecule has 1 amide bonds. The van der Waals surface area contributed by atoms with E-state index in [1.165, 1.54) is 0 Å². The first-order chi connectivity index (χ1) is 6.56. The van der Waals surface area contributed by atoms with E-state index < -0.39 is 17.9 Å². The number of nitrogens with two attached hydrogens (primary N) is 1. The maximum atomic E-state index is 12.4. The van der Waals surface area contributed by atoms with Crippen LogP contribution in [-0.4, -0.2) is 10.9 Å². The minimum absolute atomic E-state index is 0.0127. The predicted molar refractivity (Wildman–Crippen MR) is 47.3 cm³/mol. The van der Waals surface area contributed by atoms with Gasteiger partial charge in [-0.25, -0.2) is 8.78 Å². The molecule has 0 aromatic carbocycles. The van der Waals surface area contributed by atoms with Crippen molar-refractivity contribution < 1.29 is 13.6 Å². The summed E-state index contributed by atoms with van der Waals surface area (Å²) in [6.07, 6.45) is -1.75. The Morgan fingerprint density at radius 2 is 2.29 bits per heavy atom. The smallest absolute Gasteiger partial charge is 0.264 e. The van der Waals surface area contributed by atoms with Crippen molar-refractivity contribution in [2.45, 2.75) is 12.3 Å². The summed E-state index contributed by atoms with van der Waals surface area (Å²) in [5, 5.41) is 0. The summed E-state index contributed by atoms with van der Waals surface area (Å²) in [7, 11) is 0. The topological polar surface area (TPSA) is 56.0 Å². The number of carbonyl (C=O) groups is 1. The number of nitrogens with zero attached hydrogens (tertiary/aromatic N) is 1. The van der Waals surface area contributed by atoms with Crippen LogP contribution in [0.4, 0.5) is 8.78 Å². The fourth-order valence-corrected chi connectivity index (χ4v) is 1.12. The average Bonchev–Trinajstić information content (AvgIpc) is 2.16. The summed E-state index contributed by atoms with van der Waals surface area (Å²) in [6, 6.07) is 1.08. The van der Waals surface area contributed by atoms with Gasteiger partial charge in [-0.15, -0.1) is 11.6 Å². The lowest BCUT2D eigenvalue weighted by Gasteiger charge is -2.06. The van der Waals surface area contributed by atoms with Crippen LogP contribution in [-0.2, 0) is 5.88 Å². The first kappa shape index (κ1) is 10.8. The van der Waals surface area contributed by atoms with Crippen molar-refractivity contribution >= 4 is 17.5 Å². The van der Waals surface area contributed by atoms with Gasteiger partial charge in [0.05, 0.1) is 17.1 Å². The first-order valence-electron chi connectivity index (χ1n) is 3.69. The van der Waals surface area contributed by atoms with Crippen LogP contribution in [0.25, 0.3) is 0 Å². The lowest BCUT2D eigenvalue weighted by atomic mass is 10.1. The monoisotopic (exact) mass is 220 g/mol. The summed E-state index contributed by atoms with van der Waals surface area (Å²) in [5.74, 6) is -0.910. The van der Waals surface area contributed by atoms with Crippen LogP contribution in [0.2, 0.25) is 0 Å². The zero-order chi connectivity index (χ0) is 10.7. The molecule has 0 atom stereocenters. The van der Waals surface area contributed by atoms with Crippen LogP contribution in [0.5, 0.6) is 0 Å². The number of amides is 1. The molecular formula is C8H7ClF2N2O. The number of alkyl halides is 3. The van der Waals surface area contributed by atoms with Crippen LogP contribution < -0.4 is 5.73 Å². The highest BCUT2D eigenvalue weighted by atomic mass is 35.5. The zero-order valence-corrected chi connectivity index (χ0v) is 7.76. The summed E-state index contributed by atoms with van der Waals surface area (Å²) in [6.45, 7) is 0. The lowest BCUT2D eigenvalue weighted by molar-refractivity contribution is 0.0985. The van der Waals surface area contributed by atoms with Crippen LogP contribution in [0.1, 0.15) is 28.0 Å². The van der Waals surface area contributed by atoms with Gasteiger partial charge in [0.2, 0.25) is 0 Å². The minimum atomic E-state index is -2.76. The van der Waals surface area contributed by atoms with E-state index in [1.807, 2.05) is 0 Å². The average molecular weight is 221 g/mol. The molecule has 1 aromatic heterocycles. The first-order valence-corrected chi connectivity index (χ1v) is 4.22. The van der Waals surface area contributed by atoms with Crippen molar-refractivity contribution in [2.75, 3.05) is 0 Å². The molecule has 2 N–H and O–H groups in total. The van der Waals surface area contributed by atoms with Gasteiger partial charge in [-0.1, -0.05) is 0 Å². The Bertz CT molecular complexity index is 357. The van der Waals surface area contributed by atoms with E-state index in [-0.39, 0.29) is 17.1 Å². The number of hydrogen-bond donors (Lipinski definition) is 1. The molecular weight excluding hydrogens is 214 g/mol. The SMILES string of the molecule is NC(=O)c1cnc(CCl)cc1C(F)F. The number of hydrogen-bond acceptors (Lipinski definition) is 2. The van der Waals surface area contributed by atoms with Crippen molar-refractivity contribution in [3.05, 3.63) is 29.1 Å². The molecule has 1 aromatic rings. The number of rotatable bonds is 3. The van der Waals surface area contributed by atoms with Gasteiger partial charge in [0.25, 0.3) is 12.3 Å². The van der Waals surface area contributed by atoms with Gasteiger partial charge < -0.3 is 5.73 Å². The van der Waals surface area contributed by atoms with E-state index in [2.05, 4.69) is 4.98 Å². The fourth-order valence-electron chi connectivity index (χ4n) is 0.976. The normalized spacial score (nSPS) is 10.6. The summed E-state index contributed by atoms with van der Waals surface area (Å²) >= 11 is 5.41. The van der Waals surface area contributed by atoms with Gasteiger partial charge in [-0.05, 0) is 6.07 Å². The van der Waals surface area contributed by atoms with E-state index in [0.717, 1.165) is 12.3 Å². The highest BCUT2D eigenvalue weighted by molar-refractivity contribution is 6.16. The van der Waals surface area contributed by atoms with Crippen molar-refractivity contribution in [1.29, 1.82) is 0 Å². The van der Waals surface area contributed by atoms with E-state index in [1.54, 1.807) is 0 Å². The highest BCUT2D eigenvalue weighted by Gasteiger charge is 2.17. The molecule has 76 valence electrons. The minimum Gasteiger partial charge on any atom is -0.366 e. The quantitative estimate of drug-likeness (QED) is 0.791. The molecule has 0 spiro atoms. The molecule has 6 heteroatoms. The zero-order valence-electron chi connectivity index (χ0n) is 7.01. The van der Waals surface area contributed by atoms with Crippen molar-refractivity contribution in [1.82, 2.24) is 4.98 Å². The van der Waals surface area contributed by atoms with Crippen molar-refractivity contribution in [3.63, 3.8) is 0 Å². The Morgan fingerprint density at radius 3 is 2.71 bits per heavy atom. The second kappa shape index (κ2) is 4.32. The predicted octanol–water partition coefficient (Wildman–Crippen LogP) is 1.86. The summed E-state index contributed by atoms with van der Waals surface area (Å²) in [5.41, 5.74) is 4.49. The Kier molecular flexibility index (Phi) is 3.35. The van der Waals surface area contributed by atoms with Gasteiger partial charge in [0, 0.05) is 11.8 Å². The van der Waals surface area contributed by atoms with Gasteiger partial charge in [0.15, 0.2) is 0 Å². The number of carbonyl (C=O) groups excluding carboxylic acids is 1. The van der Waals surface area contributed by atoms with Crippen LogP contribution >= 0.6 is 11.6 Å². The Labute approximate surface area is 83.9 Å². The Hall–Kier alpha value is -1.23. The lowest BCUT2D eigenvalue weighted by Crippen LogP contribution is -2.15. The largest absolute Gasteiger partial charge is 0.366 e. The third kappa shape index (κ3) is 2.17. The standard InChI is InChI=1S/C8H7ClF2N2O/c9-2-4-1-5(7(10)11)6(3-13-4)8(12)14/h1,3,7H,2H2,(H2,12,14). The number of aromatic nitrogens is 1. The van der Waals surface area contributed by atoms with Gasteiger partial charge in [-0.3, -0.25) is 9.78 Å². The molecule has 0 unspecified atom stereocenters. The van der Waals surface area contributed by atoms with Gasteiger partial charge in [-0.2, -0.15) is 0 Å². The molecule has 0 bridgehead atoms. The van der Waals surface area contributed by atoms with E-state index in [4.69, 9.17) is 17.3 Å². The molecule has 14 heavy (non-hydrogen) atoms. The number of pyridine rings is 1. The second-order valence-corrected chi connectivity index (χ2v) is 2.83. The van der Waals surface area contributed by atoms with Crippen LogP contribution in [0.15, 0.2) is 12.3 Å². The molecule has 0 saturated carbocycles. The fraction of sp³-hybridized carbons (Fsp3) is 0.250. The van der Waals surface area contributed by atoms with Crippen LogP contribution in [0, 0.1) is 0 Å². The summed E-state index contributed by atoms with van der Waals surface area (Å²) in [4.78, 5) is 14.4. The Morgan fingerprint density at radius 1 is 1.64 bits per heavy atom. The number of primary amides is 1. The third-order valence-electron chi connectivity index (χ3n) is 1.63. The molecule has 0 saturated heterocycles. The van der Waals surface area contributed by atoms with E-state index in [0.29, 0.717) is 0 Å². The molecule has 0 aliphatic heterocycles. The van der Waals surface area contributed by atoms with E-state index in [9.17, 15) is 13.6 Å². The van der Waals surface area contributed by atoms with Crippen LogP contribution in [0.3, 0.4) is 0 Å². The molecule has 1 rings (SSSR count). The number of halogens is 3. The third-order valence-corrected chi connectivity index (χ3v) is 1.90. The molecule has 0 aliphatic rings. The molecule has 3 nitrogen and oxygen atoms in total. The van der Waals surface area contributed by atoms with Crippen molar-refractivity contribution in [3.8, 4) is 0 Å². The maximum Gasteiger partial charge on any atom is 0.264 e.